The van der Waals surface area contributed by atoms with Crippen molar-refractivity contribution in [2.24, 2.45) is 5.92 Å². The third-order valence-electron chi connectivity index (χ3n) is 5.09. The Morgan fingerprint density at radius 3 is 2.87 bits per heavy atom. The number of hydrogen-bond donors (Lipinski definition) is 3. The van der Waals surface area contributed by atoms with Crippen LogP contribution < -0.4 is 16.0 Å². The monoisotopic (exact) mass is 422 g/mol. The van der Waals surface area contributed by atoms with Gasteiger partial charge in [-0.05, 0) is 43.0 Å². The van der Waals surface area contributed by atoms with Gasteiger partial charge in [0.2, 0.25) is 5.91 Å². The van der Waals surface area contributed by atoms with E-state index in [1.165, 1.54) is 12.8 Å². The molecule has 3 N–H and O–H groups in total. The van der Waals surface area contributed by atoms with Gasteiger partial charge >= 0.3 is 0 Å². The molecule has 8 nitrogen and oxygen atoms in total. The highest BCUT2D eigenvalue weighted by Gasteiger charge is 2.25. The predicted molar refractivity (Wildman–Crippen MR) is 115 cm³/mol. The summed E-state index contributed by atoms with van der Waals surface area (Å²) in [6, 6.07) is 9.29. The van der Waals surface area contributed by atoms with Crippen molar-refractivity contribution in [3.63, 3.8) is 0 Å². The van der Waals surface area contributed by atoms with E-state index in [-0.39, 0.29) is 18.2 Å². The Morgan fingerprint density at radius 1 is 1.27 bits per heavy atom. The fraction of sp³-hybridized carbons (Fsp3) is 0.238. The highest BCUT2D eigenvalue weighted by Crippen LogP contribution is 2.30. The molecule has 30 heavy (non-hydrogen) atoms. The number of aromatic nitrogens is 3. The Balaban J connectivity index is 1.55. The van der Waals surface area contributed by atoms with Crippen molar-refractivity contribution in [2.75, 3.05) is 17.2 Å². The normalized spacial score (nSPS) is 17.6. The number of nitrogens with one attached hydrogen (secondary N) is 3. The fourth-order valence-electron chi connectivity index (χ4n) is 3.37. The summed E-state index contributed by atoms with van der Waals surface area (Å²) in [6.45, 7) is 0.864. The standard InChI is InChI=1S/C21H19ClN6O2/c22-15-2-1-3-16(8-15)25-17-9-18(23-10-12-4-5-12)28-20(26-17)14(11-24-28)6-13-7-19(29)27-21(13)30/h1-3,6,8-9,11-12,23H,4-5,7,10H2,(H,25,26)(H,27,29,30)/b13-6+. The predicted octanol–water partition coefficient (Wildman–Crippen LogP) is 3.38. The molecule has 0 unspecified atom stereocenters. The van der Waals surface area contributed by atoms with Crippen LogP contribution in [0.1, 0.15) is 24.8 Å². The zero-order valence-corrected chi connectivity index (χ0v) is 16.7. The fourth-order valence-corrected chi connectivity index (χ4v) is 3.56. The van der Waals surface area contributed by atoms with Crippen molar-refractivity contribution in [3.05, 3.63) is 52.7 Å². The van der Waals surface area contributed by atoms with E-state index in [4.69, 9.17) is 16.6 Å². The number of benzene rings is 1. The van der Waals surface area contributed by atoms with Gasteiger partial charge < -0.3 is 10.6 Å². The van der Waals surface area contributed by atoms with Crippen LogP contribution >= 0.6 is 11.6 Å². The van der Waals surface area contributed by atoms with Crippen LogP contribution in [0.3, 0.4) is 0 Å². The van der Waals surface area contributed by atoms with Crippen LogP contribution in [0.5, 0.6) is 0 Å². The van der Waals surface area contributed by atoms with Crippen molar-refractivity contribution in [1.82, 2.24) is 19.9 Å². The number of imide groups is 1. The van der Waals surface area contributed by atoms with Crippen molar-refractivity contribution in [1.29, 1.82) is 0 Å². The van der Waals surface area contributed by atoms with Gasteiger partial charge in [0.15, 0.2) is 5.65 Å². The van der Waals surface area contributed by atoms with Crippen LogP contribution in [-0.4, -0.2) is 33.0 Å². The highest BCUT2D eigenvalue weighted by molar-refractivity contribution is 6.30. The van der Waals surface area contributed by atoms with Crippen molar-refractivity contribution in [3.8, 4) is 0 Å². The third kappa shape index (κ3) is 3.86. The van der Waals surface area contributed by atoms with Crippen LogP contribution in [0.4, 0.5) is 17.3 Å². The number of nitrogens with zero attached hydrogens (tertiary/aromatic N) is 3. The van der Waals surface area contributed by atoms with Crippen LogP contribution in [0.15, 0.2) is 42.1 Å². The molecule has 1 aliphatic carbocycles. The summed E-state index contributed by atoms with van der Waals surface area (Å²) in [5, 5.41) is 14.1. The van der Waals surface area contributed by atoms with Crippen molar-refractivity contribution in [2.45, 2.75) is 19.3 Å². The molecule has 2 amide bonds. The summed E-state index contributed by atoms with van der Waals surface area (Å²) < 4.78 is 1.71. The molecule has 2 aromatic heterocycles. The minimum atomic E-state index is -0.375. The van der Waals surface area contributed by atoms with Gasteiger partial charge in [-0.1, -0.05) is 17.7 Å². The largest absolute Gasteiger partial charge is 0.370 e. The summed E-state index contributed by atoms with van der Waals surface area (Å²) in [7, 11) is 0. The van der Waals surface area contributed by atoms with Gasteiger partial charge in [0.05, 0.1) is 12.6 Å². The number of anilines is 3. The first-order valence-electron chi connectivity index (χ1n) is 9.75. The Bertz CT molecular complexity index is 1200. The lowest BCUT2D eigenvalue weighted by atomic mass is 10.1. The Labute approximate surface area is 177 Å². The maximum Gasteiger partial charge on any atom is 0.254 e. The molecule has 1 saturated carbocycles. The van der Waals surface area contributed by atoms with Gasteiger partial charge in [0.1, 0.15) is 11.6 Å². The van der Waals surface area contributed by atoms with E-state index in [1.807, 2.05) is 24.3 Å². The van der Waals surface area contributed by atoms with Crippen LogP contribution in [-0.2, 0) is 9.59 Å². The summed E-state index contributed by atoms with van der Waals surface area (Å²) >= 11 is 6.10. The summed E-state index contributed by atoms with van der Waals surface area (Å²) in [5.74, 6) is 1.43. The van der Waals surface area contributed by atoms with Crippen LogP contribution in [0.2, 0.25) is 5.02 Å². The first-order chi connectivity index (χ1) is 14.5. The molecular formula is C21H19ClN6O2. The van der Waals surface area contributed by atoms with Crippen LogP contribution in [0.25, 0.3) is 11.7 Å². The lowest BCUT2D eigenvalue weighted by Gasteiger charge is -2.12. The molecule has 3 aromatic rings. The molecule has 1 aliphatic heterocycles. The lowest BCUT2D eigenvalue weighted by molar-refractivity contribution is -0.124. The molecular weight excluding hydrogens is 404 g/mol. The maximum atomic E-state index is 12.0. The molecule has 2 aliphatic rings. The lowest BCUT2D eigenvalue weighted by Crippen LogP contribution is -2.19. The highest BCUT2D eigenvalue weighted by atomic mass is 35.5. The van der Waals surface area contributed by atoms with Gasteiger partial charge in [-0.15, -0.1) is 0 Å². The van der Waals surface area contributed by atoms with Crippen molar-refractivity contribution < 1.29 is 9.59 Å². The summed E-state index contributed by atoms with van der Waals surface area (Å²) in [4.78, 5) is 28.2. The first kappa shape index (κ1) is 18.6. The second-order valence-corrected chi connectivity index (χ2v) is 7.98. The molecule has 0 bridgehead atoms. The van der Waals surface area contributed by atoms with E-state index >= 15 is 0 Å². The second-order valence-electron chi connectivity index (χ2n) is 7.55. The van der Waals surface area contributed by atoms with Gasteiger partial charge in [0.25, 0.3) is 5.91 Å². The smallest absolute Gasteiger partial charge is 0.254 e. The number of amides is 2. The molecule has 1 aromatic carbocycles. The van der Waals surface area contributed by atoms with E-state index < -0.39 is 0 Å². The van der Waals surface area contributed by atoms with Crippen molar-refractivity contribution >= 4 is 52.5 Å². The molecule has 0 atom stereocenters. The molecule has 152 valence electrons. The van der Waals surface area contributed by atoms with E-state index in [2.05, 4.69) is 21.0 Å². The minimum Gasteiger partial charge on any atom is -0.370 e. The first-order valence-corrected chi connectivity index (χ1v) is 10.1. The topological polar surface area (TPSA) is 100 Å². The number of fused-ring (bicyclic) bond motifs is 1. The Hall–Kier alpha value is -3.39. The van der Waals surface area contributed by atoms with Gasteiger partial charge in [-0.3, -0.25) is 14.9 Å². The molecule has 2 fully saturated rings. The molecule has 9 heteroatoms. The van der Waals surface area contributed by atoms with Crippen LogP contribution in [0, 0.1) is 5.92 Å². The van der Waals surface area contributed by atoms with E-state index in [0.717, 1.165) is 18.1 Å². The zero-order chi connectivity index (χ0) is 20.7. The number of hydrogen-bond acceptors (Lipinski definition) is 6. The van der Waals surface area contributed by atoms with Gasteiger partial charge in [-0.25, -0.2) is 4.98 Å². The number of rotatable bonds is 6. The van der Waals surface area contributed by atoms with E-state index in [9.17, 15) is 9.59 Å². The quantitative estimate of drug-likeness (QED) is 0.416. The Morgan fingerprint density at radius 2 is 2.13 bits per heavy atom. The number of carbonyl (C=O) groups is 2. The minimum absolute atomic E-state index is 0.0589. The van der Waals surface area contributed by atoms with E-state index in [1.54, 1.807) is 22.9 Å². The van der Waals surface area contributed by atoms with E-state index in [0.29, 0.717) is 33.5 Å². The molecule has 0 radical (unpaired) electrons. The van der Waals surface area contributed by atoms with Gasteiger partial charge in [0, 0.05) is 34.5 Å². The molecule has 1 saturated heterocycles. The number of halogens is 1. The third-order valence-corrected chi connectivity index (χ3v) is 5.33. The second kappa shape index (κ2) is 7.46. The zero-order valence-electron chi connectivity index (χ0n) is 16.0. The molecule has 5 rings (SSSR count). The average Bonchev–Trinajstić information content (AvgIpc) is 3.37. The SMILES string of the molecule is O=C1C/C(=C\c2cnn3c(NCC4CC4)cc(Nc4cccc(Cl)c4)nc23)C(=O)N1. The average molecular weight is 423 g/mol. The number of carbonyl (C=O) groups excluding carboxylic acids is 2. The summed E-state index contributed by atoms with van der Waals surface area (Å²) in [6.07, 6.45) is 5.84. The maximum absolute atomic E-state index is 12.0. The Kier molecular flexibility index (Phi) is 4.63. The summed E-state index contributed by atoms with van der Waals surface area (Å²) in [5.41, 5.74) is 2.46. The molecule has 3 heterocycles. The molecule has 0 spiro atoms. The van der Waals surface area contributed by atoms with Gasteiger partial charge in [-0.2, -0.15) is 9.61 Å².